The van der Waals surface area contributed by atoms with E-state index in [1.54, 1.807) is 0 Å². The highest BCUT2D eigenvalue weighted by molar-refractivity contribution is 6.30. The molecule has 3 rings (SSSR count). The molecule has 0 aliphatic carbocycles. The van der Waals surface area contributed by atoms with Gasteiger partial charge < -0.3 is 20.3 Å². The van der Waals surface area contributed by atoms with Crippen LogP contribution < -0.4 is 10.6 Å². The van der Waals surface area contributed by atoms with Gasteiger partial charge in [0.2, 0.25) is 5.95 Å². The number of amides is 1. The van der Waals surface area contributed by atoms with Crippen LogP contribution in [0.15, 0.2) is 30.6 Å². The predicted octanol–water partition coefficient (Wildman–Crippen LogP) is 6.30. The van der Waals surface area contributed by atoms with Gasteiger partial charge in [0.05, 0.1) is 29.7 Å². The van der Waals surface area contributed by atoms with E-state index in [4.69, 9.17) is 22.1 Å². The number of carbonyl (C=O) groups is 1. The van der Waals surface area contributed by atoms with Crippen LogP contribution in [0.1, 0.15) is 64.5 Å². The van der Waals surface area contributed by atoms with Gasteiger partial charge in [-0.2, -0.15) is 13.2 Å². The fourth-order valence-corrected chi connectivity index (χ4v) is 4.99. The monoisotopic (exact) mass is 527 g/mol. The smallest absolute Gasteiger partial charge is 0.416 e. The minimum Gasteiger partial charge on any atom is -0.447 e. The maximum Gasteiger partial charge on any atom is 0.416 e. The van der Waals surface area contributed by atoms with Crippen LogP contribution in [-0.2, 0) is 17.5 Å². The quantitative estimate of drug-likeness (QED) is 0.454. The molecule has 2 N–H and O–H groups in total. The molecule has 1 amide bonds. The van der Waals surface area contributed by atoms with E-state index in [-0.39, 0.29) is 41.9 Å². The molecular weight excluding hydrogens is 495 g/mol. The first-order valence-electron chi connectivity index (χ1n) is 12.1. The molecule has 198 valence electrons. The van der Waals surface area contributed by atoms with Crippen molar-refractivity contribution >= 4 is 29.3 Å². The van der Waals surface area contributed by atoms with Crippen molar-refractivity contribution in [2.24, 2.45) is 0 Å². The van der Waals surface area contributed by atoms with E-state index in [1.807, 2.05) is 37.5 Å². The molecule has 1 aromatic carbocycles. The minimum atomic E-state index is -4.52. The summed E-state index contributed by atoms with van der Waals surface area (Å²) in [5, 5.41) is 0.00196. The summed E-state index contributed by atoms with van der Waals surface area (Å²) in [7, 11) is 0. The Labute approximate surface area is 214 Å². The molecule has 1 aliphatic heterocycles. The molecule has 7 nitrogen and oxygen atoms in total. The largest absolute Gasteiger partial charge is 0.447 e. The van der Waals surface area contributed by atoms with E-state index >= 15 is 0 Å². The molecule has 0 bridgehead atoms. The molecule has 2 heterocycles. The number of hydrogen-bond donors (Lipinski definition) is 1. The summed E-state index contributed by atoms with van der Waals surface area (Å²) >= 11 is 6.05. The molecule has 11 heteroatoms. The van der Waals surface area contributed by atoms with Crippen LogP contribution in [0.2, 0.25) is 5.02 Å². The number of carbonyl (C=O) groups excluding carboxylic acids is 1. The van der Waals surface area contributed by atoms with E-state index in [1.165, 1.54) is 18.5 Å². The summed E-state index contributed by atoms with van der Waals surface area (Å²) in [6.07, 6.45) is 0.401. The van der Waals surface area contributed by atoms with Crippen LogP contribution in [0.3, 0.4) is 0 Å². The van der Waals surface area contributed by atoms with Gasteiger partial charge in [-0.05, 0) is 63.3 Å². The Hall–Kier alpha value is -2.75. The number of likely N-dealkylation sites (tertiary alicyclic amines) is 1. The van der Waals surface area contributed by atoms with Crippen molar-refractivity contribution in [1.29, 1.82) is 0 Å². The number of alkyl halides is 3. The molecular formula is C25H33ClF3N5O2. The maximum atomic E-state index is 13.5. The van der Waals surface area contributed by atoms with Crippen LogP contribution in [0.5, 0.6) is 0 Å². The summed E-state index contributed by atoms with van der Waals surface area (Å²) in [6, 6.07) is 3.17. The highest BCUT2D eigenvalue weighted by atomic mass is 35.5. The molecule has 0 unspecified atom stereocenters. The number of aromatic nitrogens is 2. The molecule has 0 saturated carbocycles. The van der Waals surface area contributed by atoms with Gasteiger partial charge in [-0.25, -0.2) is 14.8 Å². The zero-order valence-electron chi connectivity index (χ0n) is 20.9. The highest BCUT2D eigenvalue weighted by Gasteiger charge is 2.41. The van der Waals surface area contributed by atoms with Gasteiger partial charge in [0, 0.05) is 29.7 Å². The zero-order chi connectivity index (χ0) is 26.6. The van der Waals surface area contributed by atoms with E-state index in [0.717, 1.165) is 12.1 Å². The third kappa shape index (κ3) is 6.72. The second kappa shape index (κ2) is 11.5. The van der Waals surface area contributed by atoms with E-state index < -0.39 is 11.7 Å². The summed E-state index contributed by atoms with van der Waals surface area (Å²) in [4.78, 5) is 25.4. The number of piperidine rings is 1. The van der Waals surface area contributed by atoms with Gasteiger partial charge in [0.15, 0.2) is 0 Å². The Kier molecular flexibility index (Phi) is 8.92. The summed E-state index contributed by atoms with van der Waals surface area (Å²) in [5.41, 5.74) is 5.73. The number of nitrogen functional groups attached to an aromatic ring is 1. The lowest BCUT2D eigenvalue weighted by molar-refractivity contribution is -0.137. The van der Waals surface area contributed by atoms with Crippen LogP contribution in [0.25, 0.3) is 0 Å². The first kappa shape index (κ1) is 27.8. The van der Waals surface area contributed by atoms with Crippen molar-refractivity contribution in [2.75, 3.05) is 10.6 Å². The molecule has 1 fully saturated rings. The summed E-state index contributed by atoms with van der Waals surface area (Å²) < 4.78 is 45.9. The number of rotatable bonds is 7. The van der Waals surface area contributed by atoms with Gasteiger partial charge in [-0.15, -0.1) is 0 Å². The fraction of sp³-hybridized carbons (Fsp3) is 0.560. The molecule has 2 atom stereocenters. The maximum absolute atomic E-state index is 13.5. The molecule has 0 spiro atoms. The van der Waals surface area contributed by atoms with Crippen LogP contribution in [0.4, 0.5) is 29.6 Å². The third-order valence-corrected chi connectivity index (χ3v) is 6.58. The van der Waals surface area contributed by atoms with E-state index in [0.29, 0.717) is 42.9 Å². The van der Waals surface area contributed by atoms with Crippen molar-refractivity contribution in [2.45, 2.75) is 90.3 Å². The average Bonchev–Trinajstić information content (AvgIpc) is 2.81. The number of nitrogens with two attached hydrogens (primary N) is 1. The Morgan fingerprint density at radius 2 is 1.75 bits per heavy atom. The Bertz CT molecular complexity index is 1020. The number of ether oxygens (including phenoxy) is 1. The van der Waals surface area contributed by atoms with Gasteiger partial charge in [0.25, 0.3) is 0 Å². The molecule has 2 aromatic rings. The fourth-order valence-electron chi connectivity index (χ4n) is 4.74. The lowest BCUT2D eigenvalue weighted by atomic mass is 9.87. The van der Waals surface area contributed by atoms with Crippen LogP contribution in [0, 0.1) is 0 Å². The number of benzene rings is 1. The van der Waals surface area contributed by atoms with Gasteiger partial charge in [-0.3, -0.25) is 0 Å². The van der Waals surface area contributed by atoms with Gasteiger partial charge in [0.1, 0.15) is 0 Å². The first-order chi connectivity index (χ1) is 16.9. The lowest BCUT2D eigenvalue weighted by Crippen LogP contribution is -2.57. The van der Waals surface area contributed by atoms with E-state index in [2.05, 4.69) is 9.97 Å². The summed E-state index contributed by atoms with van der Waals surface area (Å²) in [5.74, 6) is 0.352. The van der Waals surface area contributed by atoms with Crippen LogP contribution in [-0.4, -0.2) is 45.2 Å². The van der Waals surface area contributed by atoms with Crippen molar-refractivity contribution in [3.05, 3.63) is 46.7 Å². The third-order valence-electron chi connectivity index (χ3n) is 6.36. The topological polar surface area (TPSA) is 84.6 Å². The first-order valence-corrected chi connectivity index (χ1v) is 12.5. The number of hydrogen-bond acceptors (Lipinski definition) is 6. The van der Waals surface area contributed by atoms with Gasteiger partial charge in [-0.1, -0.05) is 25.4 Å². The molecule has 1 aliphatic rings. The second-order valence-electron chi connectivity index (χ2n) is 9.38. The van der Waals surface area contributed by atoms with Crippen molar-refractivity contribution < 1.29 is 22.7 Å². The Morgan fingerprint density at radius 3 is 2.25 bits per heavy atom. The van der Waals surface area contributed by atoms with Crippen molar-refractivity contribution in [3.63, 3.8) is 0 Å². The molecule has 36 heavy (non-hydrogen) atoms. The molecule has 1 saturated heterocycles. The highest BCUT2D eigenvalue weighted by Crippen LogP contribution is 2.35. The van der Waals surface area contributed by atoms with Crippen molar-refractivity contribution in [3.8, 4) is 0 Å². The Morgan fingerprint density at radius 1 is 1.17 bits per heavy atom. The SMILES string of the molecule is CC[C@@H]1CC(N(Cc2cc(Cl)cc(C(F)(F)F)c2)c2ncc(N)cn2)C[C@@H](CC)N1C(=O)OC(C)C. The molecule has 0 radical (unpaired) electrons. The normalized spacial score (nSPS) is 20.5. The standard InChI is InChI=1S/C25H33ClF3N5O2/c1-5-20-10-22(11-21(6-2)34(20)24(35)36-15(3)4)33(23-31-12-19(30)13-32-23)14-16-7-17(25(27,28)29)9-18(26)8-16/h7-9,12-13,15,20-22H,5-6,10-11,14,30H2,1-4H3/t20-,21-/m1/s1. The molecule has 1 aromatic heterocycles. The predicted molar refractivity (Wildman–Crippen MR) is 134 cm³/mol. The number of anilines is 2. The minimum absolute atomic E-state index is 0.00196. The lowest BCUT2D eigenvalue weighted by Gasteiger charge is -2.47. The number of nitrogens with zero attached hydrogens (tertiary/aromatic N) is 4. The second-order valence-corrected chi connectivity index (χ2v) is 9.82. The van der Waals surface area contributed by atoms with Gasteiger partial charge >= 0.3 is 12.3 Å². The number of halogens is 4. The van der Waals surface area contributed by atoms with Crippen molar-refractivity contribution in [1.82, 2.24) is 14.9 Å². The Balaban J connectivity index is 1.98. The summed E-state index contributed by atoms with van der Waals surface area (Å²) in [6.45, 7) is 7.75. The average molecular weight is 528 g/mol. The zero-order valence-corrected chi connectivity index (χ0v) is 21.7. The van der Waals surface area contributed by atoms with E-state index in [9.17, 15) is 18.0 Å². The van der Waals surface area contributed by atoms with Crippen LogP contribution >= 0.6 is 11.6 Å².